The van der Waals surface area contributed by atoms with Gasteiger partial charge in [0, 0.05) is 47.7 Å². The standard InChI is InChI=1S/C30H31ClN4O5S2/c1-3-32(4-2)20-9-5-18(6-10-20)23-24-25(28(38)35(27(24)37)21-11-7-19(31)8-12-21)41-29-26(23)42-30(39)34(29)17-22(36)33-13-15-40-16-14-33/h5-12,23-25H,3-4,13-17H2,1-2H3/t23-,24-,25+/m0/s1. The first kappa shape index (κ1) is 29.0. The molecule has 6 rings (SSSR count). The highest BCUT2D eigenvalue weighted by atomic mass is 35.5. The summed E-state index contributed by atoms with van der Waals surface area (Å²) in [5.41, 5.74) is 2.38. The maximum atomic E-state index is 14.1. The van der Waals surface area contributed by atoms with Gasteiger partial charge in [-0.2, -0.15) is 0 Å². The molecule has 2 aromatic carbocycles. The first-order chi connectivity index (χ1) is 20.3. The molecule has 42 heavy (non-hydrogen) atoms. The molecule has 12 heteroatoms. The second-order valence-electron chi connectivity index (χ2n) is 10.4. The number of thioether (sulfide) groups is 1. The SMILES string of the molecule is CCN(CC)c1ccc([C@@H]2c3sc(=O)n(CC(=O)N4CCOCC4)c3S[C@H]3C(=O)N(c4ccc(Cl)cc4)C(=O)[C@@H]23)cc1. The van der Waals surface area contributed by atoms with Gasteiger partial charge >= 0.3 is 4.87 Å². The number of fused-ring (bicyclic) bond motifs is 2. The van der Waals surface area contributed by atoms with Crippen LogP contribution in [0.5, 0.6) is 0 Å². The van der Waals surface area contributed by atoms with Gasteiger partial charge in [0.25, 0.3) is 0 Å². The number of carbonyl (C=O) groups excluding carboxylic acids is 3. The molecule has 3 amide bonds. The van der Waals surface area contributed by atoms with Crippen molar-refractivity contribution in [3.05, 3.63) is 73.7 Å². The fraction of sp³-hybridized carbons (Fsp3) is 0.400. The zero-order chi connectivity index (χ0) is 29.5. The Kier molecular flexibility index (Phi) is 8.19. The van der Waals surface area contributed by atoms with E-state index in [9.17, 15) is 19.2 Å². The maximum absolute atomic E-state index is 14.1. The van der Waals surface area contributed by atoms with Crippen molar-refractivity contribution < 1.29 is 19.1 Å². The van der Waals surface area contributed by atoms with Crippen molar-refractivity contribution in [2.75, 3.05) is 49.2 Å². The van der Waals surface area contributed by atoms with Gasteiger partial charge in [-0.05, 0) is 55.8 Å². The van der Waals surface area contributed by atoms with Gasteiger partial charge in [0.1, 0.15) is 11.8 Å². The molecule has 2 saturated heterocycles. The van der Waals surface area contributed by atoms with Gasteiger partial charge in [-0.15, -0.1) is 0 Å². The molecule has 0 bridgehead atoms. The Morgan fingerprint density at radius 3 is 2.29 bits per heavy atom. The van der Waals surface area contributed by atoms with Crippen LogP contribution in [0.25, 0.3) is 0 Å². The van der Waals surface area contributed by atoms with Crippen LogP contribution in [0.3, 0.4) is 0 Å². The quantitative estimate of drug-likeness (QED) is 0.365. The van der Waals surface area contributed by atoms with Gasteiger partial charge in [-0.25, -0.2) is 4.90 Å². The Hall–Kier alpha value is -3.12. The van der Waals surface area contributed by atoms with E-state index < -0.39 is 17.1 Å². The van der Waals surface area contributed by atoms with Crippen molar-refractivity contribution in [2.24, 2.45) is 5.92 Å². The number of imide groups is 1. The molecule has 0 spiro atoms. The van der Waals surface area contributed by atoms with Crippen LogP contribution in [0.4, 0.5) is 11.4 Å². The monoisotopic (exact) mass is 626 g/mol. The molecule has 3 aromatic rings. The molecule has 0 saturated carbocycles. The largest absolute Gasteiger partial charge is 0.378 e. The summed E-state index contributed by atoms with van der Waals surface area (Å²) in [5.74, 6) is -2.02. The van der Waals surface area contributed by atoms with Gasteiger partial charge in [0.15, 0.2) is 0 Å². The number of amides is 3. The summed E-state index contributed by atoms with van der Waals surface area (Å²) in [6.07, 6.45) is 0. The molecule has 1 aromatic heterocycles. The minimum absolute atomic E-state index is 0.119. The van der Waals surface area contributed by atoms with Crippen molar-refractivity contribution in [1.29, 1.82) is 0 Å². The number of nitrogens with zero attached hydrogens (tertiary/aromatic N) is 4. The number of anilines is 2. The molecular weight excluding hydrogens is 596 g/mol. The maximum Gasteiger partial charge on any atom is 0.308 e. The van der Waals surface area contributed by atoms with Crippen molar-refractivity contribution in [1.82, 2.24) is 9.47 Å². The Labute approximate surface area is 257 Å². The Balaban J connectivity index is 1.43. The van der Waals surface area contributed by atoms with Crippen LogP contribution in [0.2, 0.25) is 5.02 Å². The number of hydrogen-bond acceptors (Lipinski definition) is 8. The summed E-state index contributed by atoms with van der Waals surface area (Å²) < 4.78 is 6.86. The zero-order valence-electron chi connectivity index (χ0n) is 23.3. The van der Waals surface area contributed by atoms with E-state index >= 15 is 0 Å². The molecular formula is C30H31ClN4O5S2. The number of rotatable bonds is 7. The number of carbonyl (C=O) groups is 3. The number of halogens is 1. The molecule has 0 N–H and O–H groups in total. The van der Waals surface area contributed by atoms with E-state index in [1.807, 2.05) is 24.3 Å². The Morgan fingerprint density at radius 1 is 0.976 bits per heavy atom. The van der Waals surface area contributed by atoms with Crippen molar-refractivity contribution in [3.63, 3.8) is 0 Å². The number of morpholine rings is 1. The molecule has 3 aliphatic rings. The molecule has 9 nitrogen and oxygen atoms in total. The highest BCUT2D eigenvalue weighted by Crippen LogP contribution is 2.54. The van der Waals surface area contributed by atoms with E-state index in [4.69, 9.17) is 16.3 Å². The first-order valence-corrected chi connectivity index (χ1v) is 16.1. The summed E-state index contributed by atoms with van der Waals surface area (Å²) in [5, 5.41) is 0.351. The van der Waals surface area contributed by atoms with Crippen LogP contribution in [0.15, 0.2) is 58.4 Å². The van der Waals surface area contributed by atoms with E-state index in [2.05, 4.69) is 18.7 Å². The normalized spacial score (nSPS) is 21.8. The van der Waals surface area contributed by atoms with E-state index in [1.165, 1.54) is 21.2 Å². The first-order valence-electron chi connectivity index (χ1n) is 14.1. The third-order valence-corrected chi connectivity index (χ3v) is 11.0. The van der Waals surface area contributed by atoms with Crippen LogP contribution >= 0.6 is 34.7 Å². The van der Waals surface area contributed by atoms with Gasteiger partial charge in [-0.3, -0.25) is 23.7 Å². The average molecular weight is 627 g/mol. The van der Waals surface area contributed by atoms with Crippen molar-refractivity contribution in [3.8, 4) is 0 Å². The minimum atomic E-state index is -0.744. The van der Waals surface area contributed by atoms with E-state index in [-0.39, 0.29) is 29.1 Å². The predicted octanol–water partition coefficient (Wildman–Crippen LogP) is 4.06. The number of aromatic nitrogens is 1. The summed E-state index contributed by atoms with van der Waals surface area (Å²) >= 11 is 8.37. The summed E-state index contributed by atoms with van der Waals surface area (Å²) in [4.78, 5) is 60.2. The van der Waals surface area contributed by atoms with Crippen LogP contribution in [-0.2, 0) is 25.7 Å². The molecule has 220 valence electrons. The smallest absolute Gasteiger partial charge is 0.308 e. The third-order valence-electron chi connectivity index (χ3n) is 8.17. The van der Waals surface area contributed by atoms with Crippen molar-refractivity contribution >= 4 is 63.8 Å². The summed E-state index contributed by atoms with van der Waals surface area (Å²) in [6, 6.07) is 14.7. The topological polar surface area (TPSA) is 92.2 Å². The molecule has 3 aliphatic heterocycles. The molecule has 0 unspecified atom stereocenters. The third kappa shape index (κ3) is 5.06. The van der Waals surface area contributed by atoms with Gasteiger partial charge in [0.05, 0.1) is 29.8 Å². The average Bonchev–Trinajstić information content (AvgIpc) is 3.45. The lowest BCUT2D eigenvalue weighted by atomic mass is 9.83. The molecule has 0 radical (unpaired) electrons. The van der Waals surface area contributed by atoms with Crippen LogP contribution in [0.1, 0.15) is 30.2 Å². The Morgan fingerprint density at radius 2 is 1.64 bits per heavy atom. The Bertz CT molecular complexity index is 1560. The number of ether oxygens (including phenoxy) is 1. The molecule has 4 heterocycles. The second kappa shape index (κ2) is 11.9. The van der Waals surface area contributed by atoms with Gasteiger partial charge < -0.3 is 14.5 Å². The van der Waals surface area contributed by atoms with E-state index in [0.717, 1.165) is 40.6 Å². The summed E-state index contributed by atoms with van der Waals surface area (Å²) in [7, 11) is 0. The lowest BCUT2D eigenvalue weighted by Gasteiger charge is -2.31. The molecule has 2 fully saturated rings. The van der Waals surface area contributed by atoms with Crippen molar-refractivity contribution in [2.45, 2.75) is 36.6 Å². The zero-order valence-corrected chi connectivity index (χ0v) is 25.7. The lowest BCUT2D eigenvalue weighted by Crippen LogP contribution is -2.43. The fourth-order valence-corrected chi connectivity index (χ4v) is 8.89. The van der Waals surface area contributed by atoms with Crippen LogP contribution in [0, 0.1) is 5.92 Å². The van der Waals surface area contributed by atoms with Gasteiger partial charge in [0.2, 0.25) is 17.7 Å². The van der Waals surface area contributed by atoms with Crippen LogP contribution in [-0.4, -0.2) is 71.8 Å². The van der Waals surface area contributed by atoms with Gasteiger partial charge in [-0.1, -0.05) is 46.8 Å². The number of thiazole rings is 1. The number of benzene rings is 2. The highest BCUT2D eigenvalue weighted by Gasteiger charge is 2.56. The number of hydrogen-bond donors (Lipinski definition) is 0. The molecule has 0 aliphatic carbocycles. The second-order valence-corrected chi connectivity index (χ2v) is 13.0. The van der Waals surface area contributed by atoms with Crippen LogP contribution < -0.4 is 14.7 Å². The summed E-state index contributed by atoms with van der Waals surface area (Å²) in [6.45, 7) is 7.66. The van der Waals surface area contributed by atoms with E-state index in [1.54, 1.807) is 29.2 Å². The fourth-order valence-electron chi connectivity index (χ4n) is 5.99. The van der Waals surface area contributed by atoms with E-state index in [0.29, 0.717) is 42.0 Å². The predicted molar refractivity (Wildman–Crippen MR) is 165 cm³/mol. The lowest BCUT2D eigenvalue weighted by molar-refractivity contribution is -0.136. The highest BCUT2D eigenvalue weighted by molar-refractivity contribution is 8.00. The molecule has 3 atom stereocenters. The minimum Gasteiger partial charge on any atom is -0.378 e.